The summed E-state index contributed by atoms with van der Waals surface area (Å²) in [7, 11) is 1.55. The molecule has 0 spiro atoms. The third-order valence-corrected chi connectivity index (χ3v) is 5.35. The second kappa shape index (κ2) is 5.11. The molecule has 0 radical (unpaired) electrons. The van der Waals surface area contributed by atoms with Crippen molar-refractivity contribution < 1.29 is 14.3 Å². The van der Waals surface area contributed by atoms with Crippen LogP contribution in [0.25, 0.3) is 11.0 Å². The average molecular weight is 316 g/mol. The van der Waals surface area contributed by atoms with Crippen LogP contribution in [0.3, 0.4) is 0 Å². The minimum atomic E-state index is 0.0796. The molecule has 1 aromatic heterocycles. The highest BCUT2D eigenvalue weighted by Crippen LogP contribution is 2.45. The maximum absolute atomic E-state index is 12.6. The number of nitrogens with zero attached hydrogens (tertiary/aromatic N) is 3. The average Bonchev–Trinajstić information content (AvgIpc) is 3.15. The van der Waals surface area contributed by atoms with Gasteiger partial charge in [-0.3, -0.25) is 5.32 Å². The zero-order valence-electron chi connectivity index (χ0n) is 13.3. The van der Waals surface area contributed by atoms with E-state index in [0.717, 1.165) is 17.9 Å². The number of methoxy groups -OCH3 is 1. The molecule has 23 heavy (non-hydrogen) atoms. The molecular weight excluding hydrogens is 296 g/mol. The Morgan fingerprint density at radius 3 is 2.70 bits per heavy atom. The van der Waals surface area contributed by atoms with Gasteiger partial charge in [-0.2, -0.15) is 0 Å². The molecule has 7 heteroatoms. The lowest BCUT2D eigenvalue weighted by atomic mass is 9.95. The fourth-order valence-corrected chi connectivity index (χ4v) is 4.17. The van der Waals surface area contributed by atoms with Crippen molar-refractivity contribution in [1.82, 2.24) is 5.10 Å². The van der Waals surface area contributed by atoms with Crippen LogP contribution in [0.1, 0.15) is 31.2 Å². The molecule has 122 valence electrons. The Morgan fingerprint density at radius 1 is 1.22 bits per heavy atom. The second-order valence-electron chi connectivity index (χ2n) is 6.73. The van der Waals surface area contributed by atoms with Gasteiger partial charge in [0.25, 0.3) is 5.52 Å². The molecule has 2 aliphatic rings. The molecule has 2 saturated carbocycles. The van der Waals surface area contributed by atoms with Gasteiger partial charge in [-0.05, 0) is 50.0 Å². The summed E-state index contributed by atoms with van der Waals surface area (Å²) in [5.74, 6) is 2.00. The number of anilines is 1. The van der Waals surface area contributed by atoms with Gasteiger partial charge in [-0.15, -0.1) is 0 Å². The molecule has 1 aromatic carbocycles. The Hall–Kier alpha value is -2.31. The Balaban J connectivity index is 1.75. The molecule has 7 nitrogen and oxygen atoms in total. The summed E-state index contributed by atoms with van der Waals surface area (Å²) in [6.45, 7) is 1.83. The molecule has 0 aliphatic heterocycles. The summed E-state index contributed by atoms with van der Waals surface area (Å²) < 4.78 is 5.96. The van der Waals surface area contributed by atoms with Crippen molar-refractivity contribution in [3.63, 3.8) is 0 Å². The van der Waals surface area contributed by atoms with Crippen molar-refractivity contribution in [2.75, 3.05) is 12.4 Å². The van der Waals surface area contributed by atoms with Crippen LogP contribution in [0.4, 0.5) is 5.95 Å². The van der Waals surface area contributed by atoms with E-state index in [1.165, 1.54) is 19.3 Å². The molecule has 0 saturated heterocycles. The van der Waals surface area contributed by atoms with Gasteiger partial charge in [0.1, 0.15) is 5.75 Å². The number of hydrogen-bond acceptors (Lipinski definition) is 5. The van der Waals surface area contributed by atoms with Gasteiger partial charge in [-0.1, -0.05) is 0 Å². The molecular formula is C16H20N4O3. The van der Waals surface area contributed by atoms with E-state index in [9.17, 15) is 10.4 Å². The molecule has 4 rings (SSSR count). The number of rotatable bonds is 3. The molecule has 2 fully saturated rings. The lowest BCUT2D eigenvalue weighted by Gasteiger charge is -2.20. The van der Waals surface area contributed by atoms with E-state index in [1.54, 1.807) is 19.2 Å². The number of ether oxygens (including phenoxy) is 1. The first kappa shape index (κ1) is 14.3. The van der Waals surface area contributed by atoms with Crippen LogP contribution in [-0.4, -0.2) is 18.3 Å². The SMILES string of the molecule is COc1cc2c(cc1C)[n+]([O-])nc(N[C@@H]1C[C@H]3CC[C@@H]1C3)[n+]2[O-]. The van der Waals surface area contributed by atoms with Gasteiger partial charge >= 0.3 is 5.95 Å². The fraction of sp³-hybridized carbons (Fsp3) is 0.562. The van der Waals surface area contributed by atoms with Gasteiger partial charge in [-0.25, -0.2) is 4.73 Å². The standard InChI is InChI=1S/C16H20N4O3/c1-9-5-14-13(8-15(9)23-2)19(21)16(18-20(14)22)17-12-7-10-3-4-11(12)6-10/h5,8,10-12H,3-4,6-7H2,1-2H3,(H,17,18)/t10-,11+,12+/m0/s1. The number of nitrogens with one attached hydrogen (secondary N) is 1. The number of hydrogen-bond donors (Lipinski definition) is 1. The van der Waals surface area contributed by atoms with Crippen LogP contribution in [0.5, 0.6) is 5.75 Å². The van der Waals surface area contributed by atoms with Gasteiger partial charge < -0.3 is 15.2 Å². The minimum absolute atomic E-state index is 0.0796. The highest BCUT2D eigenvalue weighted by Gasteiger charge is 2.42. The first-order valence-electron chi connectivity index (χ1n) is 8.05. The van der Waals surface area contributed by atoms with E-state index in [0.29, 0.717) is 21.2 Å². The van der Waals surface area contributed by atoms with E-state index < -0.39 is 0 Å². The number of aryl methyl sites for hydroxylation is 1. The molecule has 1 heterocycles. The summed E-state index contributed by atoms with van der Waals surface area (Å²) in [5, 5.41) is 32.0. The normalized spacial score (nSPS) is 25.9. The van der Waals surface area contributed by atoms with Crippen LogP contribution < -0.4 is 19.6 Å². The topological polar surface area (TPSA) is 88.0 Å². The molecule has 2 aliphatic carbocycles. The predicted molar refractivity (Wildman–Crippen MR) is 83.8 cm³/mol. The second-order valence-corrected chi connectivity index (χ2v) is 6.73. The summed E-state index contributed by atoms with van der Waals surface area (Å²) >= 11 is 0. The summed E-state index contributed by atoms with van der Waals surface area (Å²) in [5.41, 5.74) is 1.31. The van der Waals surface area contributed by atoms with E-state index in [1.807, 2.05) is 6.92 Å². The Morgan fingerprint density at radius 2 is 2.04 bits per heavy atom. The van der Waals surface area contributed by atoms with Crippen LogP contribution in [0.15, 0.2) is 12.1 Å². The van der Waals surface area contributed by atoms with E-state index in [4.69, 9.17) is 4.74 Å². The van der Waals surface area contributed by atoms with Crippen molar-refractivity contribution in [2.24, 2.45) is 11.8 Å². The smallest absolute Gasteiger partial charge is 0.461 e. The molecule has 2 aromatic rings. The third kappa shape index (κ3) is 2.22. The maximum Gasteiger partial charge on any atom is 0.461 e. The van der Waals surface area contributed by atoms with Gasteiger partial charge in [0.05, 0.1) is 13.2 Å². The van der Waals surface area contributed by atoms with Gasteiger partial charge in [0.2, 0.25) is 5.10 Å². The highest BCUT2D eigenvalue weighted by atomic mass is 16.5. The first-order valence-corrected chi connectivity index (χ1v) is 8.05. The Kier molecular flexibility index (Phi) is 3.18. The van der Waals surface area contributed by atoms with Crippen molar-refractivity contribution in [3.8, 4) is 5.75 Å². The van der Waals surface area contributed by atoms with Crippen molar-refractivity contribution in [1.29, 1.82) is 0 Å². The van der Waals surface area contributed by atoms with Crippen LogP contribution >= 0.6 is 0 Å². The fourth-order valence-electron chi connectivity index (χ4n) is 4.17. The highest BCUT2D eigenvalue weighted by molar-refractivity contribution is 5.72. The van der Waals surface area contributed by atoms with Crippen LogP contribution in [-0.2, 0) is 0 Å². The molecule has 3 atom stereocenters. The largest absolute Gasteiger partial charge is 0.739 e. The van der Waals surface area contributed by atoms with Crippen LogP contribution in [0.2, 0.25) is 0 Å². The zero-order chi connectivity index (χ0) is 16.1. The lowest BCUT2D eigenvalue weighted by molar-refractivity contribution is -0.672. The van der Waals surface area contributed by atoms with Crippen LogP contribution in [0, 0.1) is 29.2 Å². The summed E-state index contributed by atoms with van der Waals surface area (Å²) in [6.07, 6.45) is 4.75. The number of aromatic nitrogens is 3. The number of benzene rings is 1. The predicted octanol–water partition coefficient (Wildman–Crippen LogP) is 1.42. The zero-order valence-corrected chi connectivity index (χ0v) is 13.3. The lowest BCUT2D eigenvalue weighted by Crippen LogP contribution is -2.46. The van der Waals surface area contributed by atoms with Gasteiger partial charge in [0.15, 0.2) is 5.52 Å². The molecule has 1 N–H and O–H groups in total. The summed E-state index contributed by atoms with van der Waals surface area (Å²) in [4.78, 5) is 0.520. The molecule has 0 unspecified atom stereocenters. The Labute approximate surface area is 134 Å². The first-order chi connectivity index (χ1) is 11.1. The molecule has 2 bridgehead atoms. The van der Waals surface area contributed by atoms with E-state index in [2.05, 4.69) is 10.4 Å². The maximum atomic E-state index is 12.6. The van der Waals surface area contributed by atoms with Crippen molar-refractivity contribution in [2.45, 2.75) is 38.6 Å². The van der Waals surface area contributed by atoms with Crippen molar-refractivity contribution >= 4 is 17.0 Å². The number of fused-ring (bicyclic) bond motifs is 3. The summed E-state index contributed by atoms with van der Waals surface area (Å²) in [6, 6.07) is 3.47. The monoisotopic (exact) mass is 316 g/mol. The van der Waals surface area contributed by atoms with Crippen molar-refractivity contribution in [3.05, 3.63) is 28.1 Å². The third-order valence-electron chi connectivity index (χ3n) is 5.35. The quantitative estimate of drug-likeness (QED) is 0.683. The van der Waals surface area contributed by atoms with E-state index in [-0.39, 0.29) is 23.0 Å². The Bertz CT molecular complexity index is 780. The van der Waals surface area contributed by atoms with Gasteiger partial charge in [0, 0.05) is 17.0 Å². The molecule has 0 amide bonds. The van der Waals surface area contributed by atoms with E-state index >= 15 is 0 Å². The minimum Gasteiger partial charge on any atom is -0.739 e.